The predicted molar refractivity (Wildman–Crippen MR) is 62.6 cm³/mol. The summed E-state index contributed by atoms with van der Waals surface area (Å²) in [5.41, 5.74) is 2.62. The van der Waals surface area contributed by atoms with Crippen molar-refractivity contribution >= 4 is 17.2 Å². The minimum atomic E-state index is 0.175. The third-order valence-corrected chi connectivity index (χ3v) is 4.53. The van der Waals surface area contributed by atoms with Crippen LogP contribution in [0.3, 0.4) is 0 Å². The Morgan fingerprint density at radius 1 is 1.50 bits per heavy atom. The molecule has 4 nitrogen and oxygen atoms in total. The molecule has 16 heavy (non-hydrogen) atoms. The van der Waals surface area contributed by atoms with Gasteiger partial charge in [0, 0.05) is 26.2 Å². The van der Waals surface area contributed by atoms with Gasteiger partial charge in [-0.15, -0.1) is 11.3 Å². The molecule has 2 unspecified atom stereocenters. The van der Waals surface area contributed by atoms with Crippen LogP contribution in [-0.4, -0.2) is 42.0 Å². The van der Waals surface area contributed by atoms with Crippen LogP contribution in [0.2, 0.25) is 0 Å². The first kappa shape index (κ1) is 10.2. The number of amides is 1. The number of carbonyl (C=O) groups is 1. The van der Waals surface area contributed by atoms with Crippen molar-refractivity contribution in [2.75, 3.05) is 26.2 Å². The minimum absolute atomic E-state index is 0.175. The van der Waals surface area contributed by atoms with Crippen LogP contribution in [0.4, 0.5) is 0 Å². The number of aryl methyl sites for hydroxylation is 1. The highest BCUT2D eigenvalue weighted by Crippen LogP contribution is 2.28. The van der Waals surface area contributed by atoms with Gasteiger partial charge in [0.25, 0.3) is 5.91 Å². The smallest absolute Gasteiger partial charge is 0.265 e. The number of nitrogens with one attached hydrogen (secondary N) is 1. The summed E-state index contributed by atoms with van der Waals surface area (Å²) in [6, 6.07) is 0. The number of rotatable bonds is 1. The summed E-state index contributed by atoms with van der Waals surface area (Å²) < 4.78 is 0. The Balaban J connectivity index is 1.75. The van der Waals surface area contributed by atoms with Crippen molar-refractivity contribution in [1.82, 2.24) is 15.2 Å². The Morgan fingerprint density at radius 3 is 2.75 bits per heavy atom. The van der Waals surface area contributed by atoms with Crippen LogP contribution in [0.1, 0.15) is 15.4 Å². The molecule has 3 rings (SSSR count). The fourth-order valence-electron chi connectivity index (χ4n) is 2.67. The molecule has 1 amide bonds. The molecule has 0 bridgehead atoms. The Morgan fingerprint density at radius 2 is 2.19 bits per heavy atom. The molecule has 5 heteroatoms. The van der Waals surface area contributed by atoms with Gasteiger partial charge >= 0.3 is 0 Å². The lowest BCUT2D eigenvalue weighted by molar-refractivity contribution is 0.0785. The van der Waals surface area contributed by atoms with Crippen LogP contribution in [0.15, 0.2) is 5.51 Å². The molecule has 2 fully saturated rings. The van der Waals surface area contributed by atoms with Gasteiger partial charge in [0.1, 0.15) is 4.88 Å². The molecule has 3 heterocycles. The molecule has 1 N–H and O–H groups in total. The highest BCUT2D eigenvalue weighted by Gasteiger charge is 2.38. The fraction of sp³-hybridized carbons (Fsp3) is 0.636. The van der Waals surface area contributed by atoms with Crippen LogP contribution >= 0.6 is 11.3 Å². The predicted octanol–water partition coefficient (Wildman–Crippen LogP) is 0.743. The van der Waals surface area contributed by atoms with E-state index in [0.29, 0.717) is 11.8 Å². The van der Waals surface area contributed by atoms with Gasteiger partial charge in [-0.2, -0.15) is 0 Å². The van der Waals surface area contributed by atoms with E-state index >= 15 is 0 Å². The first-order valence-corrected chi connectivity index (χ1v) is 6.53. The minimum Gasteiger partial charge on any atom is -0.337 e. The molecule has 1 aromatic rings. The van der Waals surface area contributed by atoms with Gasteiger partial charge in [0.15, 0.2) is 0 Å². The van der Waals surface area contributed by atoms with E-state index in [1.54, 1.807) is 5.51 Å². The number of aromatic nitrogens is 1. The zero-order valence-electron chi connectivity index (χ0n) is 9.27. The second-order valence-electron chi connectivity index (χ2n) is 4.66. The van der Waals surface area contributed by atoms with E-state index in [4.69, 9.17) is 0 Å². The normalized spacial score (nSPS) is 28.4. The van der Waals surface area contributed by atoms with Crippen LogP contribution in [0.5, 0.6) is 0 Å². The summed E-state index contributed by atoms with van der Waals surface area (Å²) >= 11 is 1.45. The quantitative estimate of drug-likeness (QED) is 0.783. The first-order chi connectivity index (χ1) is 7.75. The maximum atomic E-state index is 12.2. The Bertz CT molecular complexity index is 405. The fourth-order valence-corrected chi connectivity index (χ4v) is 3.44. The van der Waals surface area contributed by atoms with Crippen LogP contribution in [0, 0.1) is 18.8 Å². The number of hydrogen-bond donors (Lipinski definition) is 1. The molecule has 2 aliphatic rings. The van der Waals surface area contributed by atoms with E-state index < -0.39 is 0 Å². The van der Waals surface area contributed by atoms with Gasteiger partial charge in [0.05, 0.1) is 11.2 Å². The van der Waals surface area contributed by atoms with Crippen molar-refractivity contribution < 1.29 is 4.79 Å². The zero-order chi connectivity index (χ0) is 11.1. The topological polar surface area (TPSA) is 45.2 Å². The van der Waals surface area contributed by atoms with E-state index in [-0.39, 0.29) is 5.91 Å². The SMILES string of the molecule is Cc1ncsc1C(=O)N1CC2CNCC2C1. The lowest BCUT2D eigenvalue weighted by Crippen LogP contribution is -2.31. The van der Waals surface area contributed by atoms with Crippen molar-refractivity contribution in [3.05, 3.63) is 16.1 Å². The molecule has 86 valence electrons. The van der Waals surface area contributed by atoms with Gasteiger partial charge in [-0.05, 0) is 18.8 Å². The molecule has 2 atom stereocenters. The summed E-state index contributed by atoms with van der Waals surface area (Å²) in [7, 11) is 0. The molecule has 2 aliphatic heterocycles. The van der Waals surface area contributed by atoms with E-state index in [1.807, 2.05) is 11.8 Å². The summed E-state index contributed by atoms with van der Waals surface area (Å²) in [6.07, 6.45) is 0. The third kappa shape index (κ3) is 1.55. The highest BCUT2D eigenvalue weighted by atomic mass is 32.1. The number of hydrogen-bond acceptors (Lipinski definition) is 4. The third-order valence-electron chi connectivity index (χ3n) is 3.62. The molecule has 0 spiro atoms. The van der Waals surface area contributed by atoms with E-state index in [2.05, 4.69) is 10.3 Å². The lowest BCUT2D eigenvalue weighted by Gasteiger charge is -2.16. The van der Waals surface area contributed by atoms with Crippen molar-refractivity contribution in [3.8, 4) is 0 Å². The van der Waals surface area contributed by atoms with Crippen molar-refractivity contribution in [3.63, 3.8) is 0 Å². The second kappa shape index (κ2) is 3.82. The molecule has 2 saturated heterocycles. The molecule has 0 aliphatic carbocycles. The summed E-state index contributed by atoms with van der Waals surface area (Å²) in [4.78, 5) is 19.2. The average molecular weight is 237 g/mol. The zero-order valence-corrected chi connectivity index (χ0v) is 10.1. The number of carbonyl (C=O) groups excluding carboxylic acids is 1. The maximum absolute atomic E-state index is 12.2. The molecule has 0 radical (unpaired) electrons. The summed E-state index contributed by atoms with van der Waals surface area (Å²) in [5, 5.41) is 3.38. The van der Waals surface area contributed by atoms with E-state index in [0.717, 1.165) is 36.8 Å². The van der Waals surface area contributed by atoms with Gasteiger partial charge in [0.2, 0.25) is 0 Å². The molecule has 0 aromatic carbocycles. The van der Waals surface area contributed by atoms with Crippen LogP contribution in [-0.2, 0) is 0 Å². The van der Waals surface area contributed by atoms with Crippen molar-refractivity contribution in [2.45, 2.75) is 6.92 Å². The number of fused-ring (bicyclic) bond motifs is 1. The lowest BCUT2D eigenvalue weighted by atomic mass is 10.0. The average Bonchev–Trinajstić information content (AvgIpc) is 2.89. The standard InChI is InChI=1S/C11H15N3OS/c1-7-10(16-6-13-7)11(15)14-4-8-2-12-3-9(8)5-14/h6,8-9,12H,2-5H2,1H3. The number of likely N-dealkylation sites (tertiary alicyclic amines) is 1. The second-order valence-corrected chi connectivity index (χ2v) is 5.51. The highest BCUT2D eigenvalue weighted by molar-refractivity contribution is 7.11. The monoisotopic (exact) mass is 237 g/mol. The Hall–Kier alpha value is -0.940. The van der Waals surface area contributed by atoms with Crippen molar-refractivity contribution in [2.24, 2.45) is 11.8 Å². The van der Waals surface area contributed by atoms with E-state index in [9.17, 15) is 4.79 Å². The summed E-state index contributed by atoms with van der Waals surface area (Å²) in [6.45, 7) is 5.86. The van der Waals surface area contributed by atoms with Crippen LogP contribution < -0.4 is 5.32 Å². The number of nitrogens with zero attached hydrogens (tertiary/aromatic N) is 2. The number of thiazole rings is 1. The maximum Gasteiger partial charge on any atom is 0.265 e. The molecule has 0 saturated carbocycles. The van der Waals surface area contributed by atoms with Gasteiger partial charge < -0.3 is 10.2 Å². The molecular formula is C11H15N3OS. The van der Waals surface area contributed by atoms with Crippen molar-refractivity contribution in [1.29, 1.82) is 0 Å². The largest absolute Gasteiger partial charge is 0.337 e. The van der Waals surface area contributed by atoms with Gasteiger partial charge in [-0.25, -0.2) is 4.98 Å². The Kier molecular flexibility index (Phi) is 2.44. The summed E-state index contributed by atoms with van der Waals surface area (Å²) in [5.74, 6) is 1.50. The van der Waals surface area contributed by atoms with Gasteiger partial charge in [-0.3, -0.25) is 4.79 Å². The van der Waals surface area contributed by atoms with Crippen LogP contribution in [0.25, 0.3) is 0 Å². The molecule has 1 aromatic heterocycles. The molecular weight excluding hydrogens is 222 g/mol. The van der Waals surface area contributed by atoms with Gasteiger partial charge in [-0.1, -0.05) is 0 Å². The van der Waals surface area contributed by atoms with E-state index in [1.165, 1.54) is 11.3 Å². The first-order valence-electron chi connectivity index (χ1n) is 5.66. The Labute approximate surface area is 98.7 Å².